The van der Waals surface area contributed by atoms with Crippen molar-refractivity contribution >= 4 is 5.78 Å². The van der Waals surface area contributed by atoms with Crippen molar-refractivity contribution in [2.75, 3.05) is 13.2 Å². The Bertz CT molecular complexity index is 236. The van der Waals surface area contributed by atoms with Crippen LogP contribution in [0.4, 0.5) is 0 Å². The van der Waals surface area contributed by atoms with Crippen LogP contribution in [-0.2, 0) is 9.53 Å². The molecule has 0 saturated carbocycles. The van der Waals surface area contributed by atoms with Crippen LogP contribution in [0.3, 0.4) is 0 Å². The molecule has 0 fully saturated rings. The van der Waals surface area contributed by atoms with Gasteiger partial charge in [-0.3, -0.25) is 4.79 Å². The quantitative estimate of drug-likeness (QED) is 0.604. The molecular weight excluding hydrogens is 224 g/mol. The molecule has 0 aromatic heterocycles. The molecule has 0 saturated heterocycles. The molecule has 0 radical (unpaired) electrons. The first-order valence-electron chi connectivity index (χ1n) is 7.25. The van der Waals surface area contributed by atoms with Crippen molar-refractivity contribution in [1.82, 2.24) is 0 Å². The summed E-state index contributed by atoms with van der Waals surface area (Å²) in [7, 11) is 0. The number of ketones is 1. The van der Waals surface area contributed by atoms with Gasteiger partial charge in [-0.1, -0.05) is 48.5 Å². The summed E-state index contributed by atoms with van der Waals surface area (Å²) in [5.41, 5.74) is 0.204. The Labute approximate surface area is 113 Å². The van der Waals surface area contributed by atoms with Gasteiger partial charge in [-0.15, -0.1) is 0 Å². The topological polar surface area (TPSA) is 26.3 Å². The standard InChI is InChI=1S/C16H32O2/c1-12(2)10-14(15(17)13(3)4)8-9-18-11-16(5,6)7/h12-14H,8-11H2,1-7H3/t14-/m1/s1. The van der Waals surface area contributed by atoms with Gasteiger partial charge in [-0.2, -0.15) is 0 Å². The smallest absolute Gasteiger partial charge is 0.138 e. The number of rotatable bonds is 8. The summed E-state index contributed by atoms with van der Waals surface area (Å²) in [5.74, 6) is 1.27. The van der Waals surface area contributed by atoms with Crippen LogP contribution < -0.4 is 0 Å². The first kappa shape index (κ1) is 17.6. The van der Waals surface area contributed by atoms with Crippen LogP contribution in [0.25, 0.3) is 0 Å². The van der Waals surface area contributed by atoms with Crippen LogP contribution in [0.5, 0.6) is 0 Å². The van der Waals surface area contributed by atoms with Gasteiger partial charge >= 0.3 is 0 Å². The average molecular weight is 256 g/mol. The van der Waals surface area contributed by atoms with E-state index in [-0.39, 0.29) is 17.3 Å². The molecular formula is C16H32O2. The first-order valence-corrected chi connectivity index (χ1v) is 7.25. The zero-order valence-electron chi connectivity index (χ0n) is 13.4. The Morgan fingerprint density at radius 1 is 1.11 bits per heavy atom. The van der Waals surface area contributed by atoms with Gasteiger partial charge in [0.25, 0.3) is 0 Å². The van der Waals surface area contributed by atoms with Gasteiger partial charge in [0.1, 0.15) is 5.78 Å². The Hall–Kier alpha value is -0.370. The zero-order valence-corrected chi connectivity index (χ0v) is 13.4. The van der Waals surface area contributed by atoms with Gasteiger partial charge in [-0.25, -0.2) is 0 Å². The van der Waals surface area contributed by atoms with Crippen molar-refractivity contribution in [2.45, 2.75) is 61.3 Å². The van der Waals surface area contributed by atoms with Gasteiger partial charge in [0.15, 0.2) is 0 Å². The van der Waals surface area contributed by atoms with Crippen molar-refractivity contribution < 1.29 is 9.53 Å². The van der Waals surface area contributed by atoms with E-state index in [1.165, 1.54) is 0 Å². The normalized spacial score (nSPS) is 14.3. The summed E-state index contributed by atoms with van der Waals surface area (Å²) in [6.45, 7) is 16.3. The summed E-state index contributed by atoms with van der Waals surface area (Å²) in [4.78, 5) is 12.1. The fourth-order valence-electron chi connectivity index (χ4n) is 2.02. The van der Waals surface area contributed by atoms with E-state index in [9.17, 15) is 4.79 Å². The van der Waals surface area contributed by atoms with Crippen LogP contribution in [0.2, 0.25) is 0 Å². The van der Waals surface area contributed by atoms with Gasteiger partial charge in [0, 0.05) is 18.4 Å². The molecule has 0 unspecified atom stereocenters. The van der Waals surface area contributed by atoms with Crippen LogP contribution in [0.15, 0.2) is 0 Å². The van der Waals surface area contributed by atoms with Crippen LogP contribution in [0.1, 0.15) is 61.3 Å². The van der Waals surface area contributed by atoms with Gasteiger partial charge in [0.2, 0.25) is 0 Å². The first-order chi connectivity index (χ1) is 8.13. The molecule has 0 rings (SSSR count). The van der Waals surface area contributed by atoms with Crippen LogP contribution >= 0.6 is 0 Å². The number of carbonyl (C=O) groups excluding carboxylic acids is 1. The second-order valence-corrected chi connectivity index (χ2v) is 7.29. The summed E-state index contributed by atoms with van der Waals surface area (Å²) in [6, 6.07) is 0. The number of carbonyl (C=O) groups is 1. The van der Waals surface area contributed by atoms with E-state index in [1.807, 2.05) is 13.8 Å². The summed E-state index contributed by atoms with van der Waals surface area (Å²) < 4.78 is 5.69. The molecule has 0 heterocycles. The molecule has 2 nitrogen and oxygen atoms in total. The molecule has 0 amide bonds. The summed E-state index contributed by atoms with van der Waals surface area (Å²) >= 11 is 0. The Morgan fingerprint density at radius 2 is 1.67 bits per heavy atom. The Morgan fingerprint density at radius 3 is 2.06 bits per heavy atom. The van der Waals surface area contributed by atoms with E-state index >= 15 is 0 Å². The van der Waals surface area contributed by atoms with Gasteiger partial charge in [-0.05, 0) is 24.2 Å². The summed E-state index contributed by atoms with van der Waals surface area (Å²) in [5, 5.41) is 0. The third-order valence-corrected chi connectivity index (χ3v) is 2.87. The third kappa shape index (κ3) is 8.68. The maximum atomic E-state index is 12.1. The van der Waals surface area contributed by atoms with E-state index in [0.717, 1.165) is 19.4 Å². The van der Waals surface area contributed by atoms with Gasteiger partial charge < -0.3 is 4.74 Å². The van der Waals surface area contributed by atoms with Crippen LogP contribution in [0, 0.1) is 23.2 Å². The molecule has 0 aliphatic carbocycles. The molecule has 0 aromatic rings. The van der Waals surface area contributed by atoms with Crippen LogP contribution in [-0.4, -0.2) is 19.0 Å². The minimum Gasteiger partial charge on any atom is -0.381 e. The molecule has 0 spiro atoms. The average Bonchev–Trinajstić information content (AvgIpc) is 2.19. The molecule has 108 valence electrons. The lowest BCUT2D eigenvalue weighted by Crippen LogP contribution is -2.24. The molecule has 0 aromatic carbocycles. The van der Waals surface area contributed by atoms with E-state index in [4.69, 9.17) is 4.74 Å². The highest BCUT2D eigenvalue weighted by atomic mass is 16.5. The predicted octanol–water partition coefficient (Wildman–Crippen LogP) is 4.33. The van der Waals surface area contributed by atoms with E-state index in [1.54, 1.807) is 0 Å². The van der Waals surface area contributed by atoms with E-state index in [0.29, 0.717) is 18.3 Å². The van der Waals surface area contributed by atoms with Gasteiger partial charge in [0.05, 0.1) is 6.61 Å². The lowest BCUT2D eigenvalue weighted by atomic mass is 9.86. The number of Topliss-reactive ketones (excluding diaryl/α,β-unsaturated/α-hetero) is 1. The molecule has 1 atom stereocenters. The largest absolute Gasteiger partial charge is 0.381 e. The number of hydrogen-bond donors (Lipinski definition) is 0. The SMILES string of the molecule is CC(C)C[C@@H](CCOCC(C)(C)C)C(=O)C(C)C. The number of hydrogen-bond acceptors (Lipinski definition) is 2. The highest BCUT2D eigenvalue weighted by Gasteiger charge is 2.22. The van der Waals surface area contributed by atoms with E-state index in [2.05, 4.69) is 34.6 Å². The molecule has 2 heteroatoms. The van der Waals surface area contributed by atoms with Crippen molar-refractivity contribution in [3.05, 3.63) is 0 Å². The van der Waals surface area contributed by atoms with Crippen molar-refractivity contribution in [3.8, 4) is 0 Å². The second kappa shape index (κ2) is 7.93. The highest BCUT2D eigenvalue weighted by molar-refractivity contribution is 5.82. The van der Waals surface area contributed by atoms with E-state index < -0.39 is 0 Å². The summed E-state index contributed by atoms with van der Waals surface area (Å²) in [6.07, 6.45) is 1.85. The Balaban J connectivity index is 4.14. The minimum absolute atomic E-state index is 0.136. The fraction of sp³-hybridized carbons (Fsp3) is 0.938. The Kier molecular flexibility index (Phi) is 7.77. The number of ether oxygens (including phenoxy) is 1. The molecule has 0 bridgehead atoms. The second-order valence-electron chi connectivity index (χ2n) is 7.29. The fourth-order valence-corrected chi connectivity index (χ4v) is 2.02. The predicted molar refractivity (Wildman–Crippen MR) is 77.7 cm³/mol. The van der Waals surface area contributed by atoms with Crippen molar-refractivity contribution in [2.24, 2.45) is 23.2 Å². The molecule has 0 N–H and O–H groups in total. The maximum absolute atomic E-state index is 12.1. The monoisotopic (exact) mass is 256 g/mol. The molecule has 0 aliphatic rings. The highest BCUT2D eigenvalue weighted by Crippen LogP contribution is 2.21. The lowest BCUT2D eigenvalue weighted by Gasteiger charge is -2.22. The molecule has 0 aliphatic heterocycles. The maximum Gasteiger partial charge on any atom is 0.138 e. The lowest BCUT2D eigenvalue weighted by molar-refractivity contribution is -0.127. The minimum atomic E-state index is 0.136. The zero-order chi connectivity index (χ0) is 14.3. The van der Waals surface area contributed by atoms with Crippen molar-refractivity contribution in [3.63, 3.8) is 0 Å². The molecule has 18 heavy (non-hydrogen) atoms. The third-order valence-electron chi connectivity index (χ3n) is 2.87. The van der Waals surface area contributed by atoms with Crippen molar-refractivity contribution in [1.29, 1.82) is 0 Å².